The van der Waals surface area contributed by atoms with E-state index in [1.807, 2.05) is 13.8 Å². The molecule has 0 aromatic rings. The van der Waals surface area contributed by atoms with E-state index in [1.54, 1.807) is 0 Å². The molecule has 0 spiro atoms. The summed E-state index contributed by atoms with van der Waals surface area (Å²) < 4.78 is 0. The van der Waals surface area contributed by atoms with Gasteiger partial charge >= 0.3 is 0 Å². The zero-order valence-electron chi connectivity index (χ0n) is 11.9. The van der Waals surface area contributed by atoms with Crippen LogP contribution in [0.5, 0.6) is 0 Å². The van der Waals surface area contributed by atoms with Gasteiger partial charge in [0, 0.05) is 19.5 Å². The monoisotopic (exact) mass is 273 g/mol. The van der Waals surface area contributed by atoms with Crippen molar-refractivity contribution in [2.75, 3.05) is 19.6 Å². The van der Waals surface area contributed by atoms with Gasteiger partial charge in [-0.25, -0.2) is 0 Å². The predicted molar refractivity (Wildman–Crippen MR) is 80.6 cm³/mol. The Labute approximate surface area is 116 Å². The summed E-state index contributed by atoms with van der Waals surface area (Å²) in [5.74, 6) is 0.0934. The number of rotatable bonds is 10. The maximum absolute atomic E-state index is 11.9. The van der Waals surface area contributed by atoms with Gasteiger partial charge in [0.25, 0.3) is 0 Å². The van der Waals surface area contributed by atoms with Gasteiger partial charge in [-0.2, -0.15) is 0 Å². The van der Waals surface area contributed by atoms with Gasteiger partial charge < -0.3 is 11.1 Å². The molecule has 0 heterocycles. The first-order valence-electron chi connectivity index (χ1n) is 6.82. The van der Waals surface area contributed by atoms with E-state index in [1.165, 1.54) is 6.42 Å². The third kappa shape index (κ3) is 7.61. The van der Waals surface area contributed by atoms with Crippen molar-refractivity contribution in [3.63, 3.8) is 0 Å². The van der Waals surface area contributed by atoms with Gasteiger partial charge in [-0.1, -0.05) is 38.9 Å². The molecule has 3 N–H and O–H groups in total. The smallest absolute Gasteiger partial charge is 0.237 e. The third-order valence-electron chi connectivity index (χ3n) is 3.06. The number of amides is 1. The second-order valence-corrected chi connectivity index (χ2v) is 5.04. The molecule has 0 aliphatic carbocycles. The summed E-state index contributed by atoms with van der Waals surface area (Å²) in [4.78, 5) is 14.5. The highest BCUT2D eigenvalue weighted by atomic mass is 32.1. The lowest BCUT2D eigenvalue weighted by Gasteiger charge is -2.26. The number of nitrogens with two attached hydrogens (primary N) is 1. The molecule has 0 bridgehead atoms. The Balaban J connectivity index is 4.02. The van der Waals surface area contributed by atoms with Crippen LogP contribution in [0.4, 0.5) is 0 Å². The number of hydrogen-bond donors (Lipinski definition) is 2. The van der Waals surface area contributed by atoms with Crippen LogP contribution in [0.15, 0.2) is 0 Å². The molecule has 4 nitrogen and oxygen atoms in total. The Kier molecular flexibility index (Phi) is 9.87. The minimum Gasteiger partial charge on any atom is -0.393 e. The summed E-state index contributed by atoms with van der Waals surface area (Å²) in [6.07, 6.45) is 4.04. The fourth-order valence-electron chi connectivity index (χ4n) is 1.78. The average Bonchev–Trinajstić information content (AvgIpc) is 2.34. The van der Waals surface area contributed by atoms with E-state index < -0.39 is 0 Å². The summed E-state index contributed by atoms with van der Waals surface area (Å²) in [5, 5.41) is 2.97. The van der Waals surface area contributed by atoms with Crippen LogP contribution in [0.1, 0.15) is 46.5 Å². The number of carbonyl (C=O) groups excluding carboxylic acids is 1. The van der Waals surface area contributed by atoms with E-state index in [0.717, 1.165) is 32.5 Å². The van der Waals surface area contributed by atoms with E-state index in [4.69, 9.17) is 18.0 Å². The second-order valence-electron chi connectivity index (χ2n) is 4.52. The highest BCUT2D eigenvalue weighted by Gasteiger charge is 2.19. The topological polar surface area (TPSA) is 58.4 Å². The Morgan fingerprint density at radius 1 is 1.39 bits per heavy atom. The van der Waals surface area contributed by atoms with Crippen LogP contribution < -0.4 is 11.1 Å². The lowest BCUT2D eigenvalue weighted by Crippen LogP contribution is -2.46. The first-order chi connectivity index (χ1) is 8.52. The van der Waals surface area contributed by atoms with Crippen LogP contribution in [0.2, 0.25) is 0 Å². The summed E-state index contributed by atoms with van der Waals surface area (Å²) in [5.41, 5.74) is 5.49. The molecule has 0 aliphatic rings. The highest BCUT2D eigenvalue weighted by Crippen LogP contribution is 2.01. The fourth-order valence-corrected chi connectivity index (χ4v) is 1.87. The van der Waals surface area contributed by atoms with E-state index in [9.17, 15) is 4.79 Å². The molecular formula is C13H27N3OS. The Bertz CT molecular complexity index is 259. The van der Waals surface area contributed by atoms with Crippen LogP contribution >= 0.6 is 12.2 Å². The Hall–Kier alpha value is -0.680. The SMILES string of the molecule is CCCCCNC(=O)C(C)N(CC)CCC(N)=S. The molecule has 0 rings (SSSR count). The van der Waals surface area contributed by atoms with Gasteiger partial charge in [-0.05, 0) is 19.9 Å². The number of hydrogen-bond acceptors (Lipinski definition) is 3. The molecule has 5 heteroatoms. The summed E-state index contributed by atoms with van der Waals surface area (Å²) in [6, 6.07) is -0.119. The van der Waals surface area contributed by atoms with Crippen molar-refractivity contribution in [2.45, 2.75) is 52.5 Å². The largest absolute Gasteiger partial charge is 0.393 e. The molecule has 0 fully saturated rings. The number of carbonyl (C=O) groups is 1. The molecule has 1 atom stereocenters. The van der Waals surface area contributed by atoms with Gasteiger partial charge in [-0.15, -0.1) is 0 Å². The third-order valence-corrected chi connectivity index (χ3v) is 3.26. The lowest BCUT2D eigenvalue weighted by atomic mass is 10.2. The first-order valence-corrected chi connectivity index (χ1v) is 7.23. The number of likely N-dealkylation sites (N-methyl/N-ethyl adjacent to an activating group) is 1. The quantitative estimate of drug-likeness (QED) is 0.470. The van der Waals surface area contributed by atoms with Gasteiger partial charge in [0.2, 0.25) is 5.91 Å². The van der Waals surface area contributed by atoms with Gasteiger partial charge in [0.1, 0.15) is 0 Å². The van der Waals surface area contributed by atoms with Crippen LogP contribution in [0.3, 0.4) is 0 Å². The molecule has 0 saturated heterocycles. The molecule has 1 unspecified atom stereocenters. The summed E-state index contributed by atoms with van der Waals surface area (Å²) in [6.45, 7) is 8.46. The molecular weight excluding hydrogens is 246 g/mol. The molecule has 106 valence electrons. The van der Waals surface area contributed by atoms with Crippen molar-refractivity contribution < 1.29 is 4.79 Å². The number of unbranched alkanes of at least 4 members (excludes halogenated alkanes) is 2. The highest BCUT2D eigenvalue weighted by molar-refractivity contribution is 7.80. The molecule has 0 radical (unpaired) electrons. The van der Waals surface area contributed by atoms with Crippen molar-refractivity contribution in [3.05, 3.63) is 0 Å². The molecule has 18 heavy (non-hydrogen) atoms. The van der Waals surface area contributed by atoms with Gasteiger partial charge in [0.05, 0.1) is 11.0 Å². The lowest BCUT2D eigenvalue weighted by molar-refractivity contribution is -0.125. The molecule has 1 amide bonds. The normalized spacial score (nSPS) is 12.4. The maximum atomic E-state index is 11.9. The van der Waals surface area contributed by atoms with Gasteiger partial charge in [-0.3, -0.25) is 9.69 Å². The van der Waals surface area contributed by atoms with E-state index in [-0.39, 0.29) is 11.9 Å². The zero-order chi connectivity index (χ0) is 14.0. The maximum Gasteiger partial charge on any atom is 0.237 e. The molecule has 0 aliphatic heterocycles. The fraction of sp³-hybridized carbons (Fsp3) is 0.846. The number of nitrogens with zero attached hydrogens (tertiary/aromatic N) is 1. The van der Waals surface area contributed by atoms with Crippen LogP contribution in [0, 0.1) is 0 Å². The Morgan fingerprint density at radius 3 is 2.56 bits per heavy atom. The van der Waals surface area contributed by atoms with E-state index in [2.05, 4.69) is 17.1 Å². The second kappa shape index (κ2) is 10.3. The van der Waals surface area contributed by atoms with E-state index in [0.29, 0.717) is 11.4 Å². The number of thiocarbonyl (C=S) groups is 1. The number of nitrogens with one attached hydrogen (secondary N) is 1. The van der Waals surface area contributed by atoms with Crippen molar-refractivity contribution in [1.29, 1.82) is 0 Å². The van der Waals surface area contributed by atoms with Crippen LogP contribution in [-0.2, 0) is 4.79 Å². The summed E-state index contributed by atoms with van der Waals surface area (Å²) in [7, 11) is 0. The van der Waals surface area contributed by atoms with Crippen LogP contribution in [0.25, 0.3) is 0 Å². The summed E-state index contributed by atoms with van der Waals surface area (Å²) >= 11 is 4.86. The zero-order valence-corrected chi connectivity index (χ0v) is 12.7. The van der Waals surface area contributed by atoms with E-state index >= 15 is 0 Å². The molecule has 0 saturated carbocycles. The van der Waals surface area contributed by atoms with Crippen LogP contribution in [-0.4, -0.2) is 41.5 Å². The van der Waals surface area contributed by atoms with Gasteiger partial charge in [0.15, 0.2) is 0 Å². The minimum absolute atomic E-state index is 0.0934. The van der Waals surface area contributed by atoms with Crippen molar-refractivity contribution >= 4 is 23.1 Å². The standard InChI is InChI=1S/C13H27N3OS/c1-4-6-7-9-15-13(17)11(3)16(5-2)10-8-12(14)18/h11H,4-10H2,1-3H3,(H2,14,18)(H,15,17). The Morgan fingerprint density at radius 2 is 2.06 bits per heavy atom. The first kappa shape index (κ1) is 17.3. The predicted octanol–water partition coefficient (Wildman–Crippen LogP) is 1.68. The van der Waals surface area contributed by atoms with Crippen molar-refractivity contribution in [2.24, 2.45) is 5.73 Å². The molecule has 0 aromatic heterocycles. The average molecular weight is 273 g/mol. The molecule has 0 aromatic carbocycles. The van der Waals surface area contributed by atoms with Crippen molar-refractivity contribution in [1.82, 2.24) is 10.2 Å². The van der Waals surface area contributed by atoms with Crippen molar-refractivity contribution in [3.8, 4) is 0 Å². The minimum atomic E-state index is -0.119.